The molecule has 0 heterocycles. The number of carbonyl (C=O) groups is 1. The molecular weight excluding hydrogens is 419 g/mol. The number of rotatable bonds is 4. The van der Waals surface area contributed by atoms with E-state index in [0.29, 0.717) is 11.7 Å². The maximum absolute atomic E-state index is 12.6. The molecule has 1 aliphatic rings. The van der Waals surface area contributed by atoms with Crippen molar-refractivity contribution in [2.24, 2.45) is 5.92 Å². The van der Waals surface area contributed by atoms with Crippen molar-refractivity contribution in [3.63, 3.8) is 0 Å². The summed E-state index contributed by atoms with van der Waals surface area (Å²) in [5.74, 6) is -11.6. The first kappa shape index (κ1) is 23.0. The Hall–Kier alpha value is -2.33. The van der Waals surface area contributed by atoms with Crippen LogP contribution >= 0.6 is 0 Å². The minimum Gasteiger partial charge on any atom is -0.294 e. The third-order valence-electron chi connectivity index (χ3n) is 4.47. The summed E-state index contributed by atoms with van der Waals surface area (Å²) in [6, 6.07) is 9.64. The topological polar surface area (TPSA) is 71.4 Å². The first-order valence-corrected chi connectivity index (χ1v) is 10.0. The van der Waals surface area contributed by atoms with E-state index in [0.717, 1.165) is 12.0 Å². The molecule has 29 heavy (non-hydrogen) atoms. The Morgan fingerprint density at radius 2 is 1.31 bits per heavy atom. The van der Waals surface area contributed by atoms with Gasteiger partial charge in [-0.15, -0.1) is 0 Å². The van der Waals surface area contributed by atoms with E-state index in [9.17, 15) is 35.2 Å². The molecule has 1 saturated carbocycles. The summed E-state index contributed by atoms with van der Waals surface area (Å²) in [7, 11) is -5.52. The fraction of sp³-hybridized carbons (Fsp3) is 0.316. The first-order valence-electron chi connectivity index (χ1n) is 8.61. The van der Waals surface area contributed by atoms with Gasteiger partial charge in [-0.2, -0.15) is 8.42 Å². The molecule has 0 bridgehead atoms. The van der Waals surface area contributed by atoms with Crippen LogP contribution in [-0.4, -0.2) is 18.8 Å². The summed E-state index contributed by atoms with van der Waals surface area (Å²) in [4.78, 5) is 9.54. The lowest BCUT2D eigenvalue weighted by atomic mass is 9.97. The second-order valence-electron chi connectivity index (χ2n) is 6.52. The highest BCUT2D eigenvalue weighted by atomic mass is 32.2. The fourth-order valence-corrected chi connectivity index (χ4v) is 3.66. The van der Waals surface area contributed by atoms with Crippen LogP contribution in [-0.2, 0) is 10.1 Å². The summed E-state index contributed by atoms with van der Waals surface area (Å²) < 4.78 is 91.3. The van der Waals surface area contributed by atoms with Crippen molar-refractivity contribution in [2.45, 2.75) is 37.0 Å². The van der Waals surface area contributed by atoms with Gasteiger partial charge < -0.3 is 0 Å². The third-order valence-corrected chi connectivity index (χ3v) is 5.35. The Labute approximate surface area is 164 Å². The standard InChI is InChI=1S/C13H16O.C6HF5O3S/c14-13(10-11-6-4-5-7-11)12-8-2-1-3-9-12;7-1-2(8)4(10)6(15(12,13)14)5(11)3(1)9/h1-3,8-9,11H,4-7,10H2;(H,12,13,14). The molecule has 2 aromatic rings. The molecule has 0 amide bonds. The molecule has 1 aliphatic carbocycles. The SMILES string of the molecule is O=C(CC1CCCC1)c1ccccc1.O=S(=O)(O)c1c(F)c(F)c(F)c(F)c1F. The van der Waals surface area contributed by atoms with Crippen LogP contribution in [0.2, 0.25) is 0 Å². The Kier molecular flexibility index (Phi) is 7.48. The second kappa shape index (κ2) is 9.45. The first-order chi connectivity index (χ1) is 13.5. The summed E-state index contributed by atoms with van der Waals surface area (Å²) >= 11 is 0. The minimum absolute atomic E-state index is 0.317. The molecule has 2 aromatic carbocycles. The van der Waals surface area contributed by atoms with Gasteiger partial charge in [-0.05, 0) is 5.92 Å². The molecular formula is C19H17F5O4S. The van der Waals surface area contributed by atoms with Crippen molar-refractivity contribution in [1.29, 1.82) is 0 Å². The maximum atomic E-state index is 12.6. The quantitative estimate of drug-likeness (QED) is 0.239. The summed E-state index contributed by atoms with van der Waals surface area (Å²) in [5.41, 5.74) is 0.874. The molecule has 0 unspecified atom stereocenters. The van der Waals surface area contributed by atoms with E-state index in [1.807, 2.05) is 30.3 Å². The van der Waals surface area contributed by atoms with E-state index in [4.69, 9.17) is 4.55 Å². The molecule has 0 atom stereocenters. The molecule has 4 nitrogen and oxygen atoms in total. The lowest BCUT2D eigenvalue weighted by molar-refractivity contribution is 0.0962. The molecule has 0 saturated heterocycles. The smallest absolute Gasteiger partial charge is 0.294 e. The van der Waals surface area contributed by atoms with Gasteiger partial charge in [-0.3, -0.25) is 9.35 Å². The zero-order chi connectivity index (χ0) is 21.8. The number of carbonyl (C=O) groups excluding carboxylic acids is 1. The van der Waals surface area contributed by atoms with Crippen molar-refractivity contribution in [3.8, 4) is 0 Å². The van der Waals surface area contributed by atoms with Crippen LogP contribution in [0.1, 0.15) is 42.5 Å². The maximum Gasteiger partial charge on any atom is 0.300 e. The number of Topliss-reactive ketones (excluding diaryl/α,β-unsaturated/α-hetero) is 1. The van der Waals surface area contributed by atoms with Crippen molar-refractivity contribution >= 4 is 15.9 Å². The molecule has 0 aliphatic heterocycles. The van der Waals surface area contributed by atoms with Gasteiger partial charge in [-0.1, -0.05) is 56.0 Å². The van der Waals surface area contributed by atoms with E-state index in [2.05, 4.69) is 0 Å². The highest BCUT2D eigenvalue weighted by Gasteiger charge is 2.32. The van der Waals surface area contributed by atoms with Crippen LogP contribution < -0.4 is 0 Å². The molecule has 3 rings (SSSR count). The normalized spacial score (nSPS) is 14.4. The number of ketones is 1. The number of hydrogen-bond donors (Lipinski definition) is 1. The Morgan fingerprint density at radius 3 is 1.76 bits per heavy atom. The predicted octanol–water partition coefficient (Wildman–Crippen LogP) is 5.08. The Morgan fingerprint density at radius 1 is 0.862 bits per heavy atom. The van der Waals surface area contributed by atoms with E-state index >= 15 is 0 Å². The summed E-state index contributed by atoms with van der Waals surface area (Å²) in [6.07, 6.45) is 5.88. The van der Waals surface area contributed by atoms with E-state index in [1.54, 1.807) is 0 Å². The van der Waals surface area contributed by atoms with Crippen molar-refractivity contribution in [2.75, 3.05) is 0 Å². The summed E-state index contributed by atoms with van der Waals surface area (Å²) in [5, 5.41) is 0. The van der Waals surface area contributed by atoms with Gasteiger partial charge in [0.1, 0.15) is 0 Å². The van der Waals surface area contributed by atoms with Gasteiger partial charge in [0.2, 0.25) is 5.82 Å². The van der Waals surface area contributed by atoms with Crippen LogP contribution in [0.4, 0.5) is 22.0 Å². The van der Waals surface area contributed by atoms with Crippen LogP contribution in [0.3, 0.4) is 0 Å². The Bertz CT molecular complexity index is 958. The van der Waals surface area contributed by atoms with Gasteiger partial charge in [0.05, 0.1) is 0 Å². The van der Waals surface area contributed by atoms with Gasteiger partial charge in [0, 0.05) is 12.0 Å². The zero-order valence-electron chi connectivity index (χ0n) is 15.0. The average molecular weight is 436 g/mol. The zero-order valence-corrected chi connectivity index (χ0v) is 15.8. The van der Waals surface area contributed by atoms with Crippen molar-refractivity contribution < 1.29 is 39.7 Å². The van der Waals surface area contributed by atoms with Gasteiger partial charge >= 0.3 is 10.1 Å². The van der Waals surface area contributed by atoms with E-state index < -0.39 is 44.1 Å². The second-order valence-corrected chi connectivity index (χ2v) is 7.88. The molecule has 0 spiro atoms. The van der Waals surface area contributed by atoms with Crippen LogP contribution in [0, 0.1) is 35.0 Å². The molecule has 1 N–H and O–H groups in total. The lowest BCUT2D eigenvalue weighted by Gasteiger charge is -2.06. The number of benzene rings is 2. The van der Waals surface area contributed by atoms with E-state index in [1.165, 1.54) is 25.7 Å². The largest absolute Gasteiger partial charge is 0.300 e. The van der Waals surface area contributed by atoms with Crippen LogP contribution in [0.5, 0.6) is 0 Å². The molecule has 0 radical (unpaired) electrons. The number of hydrogen-bond acceptors (Lipinski definition) is 3. The molecule has 10 heteroatoms. The average Bonchev–Trinajstić information content (AvgIpc) is 3.18. The van der Waals surface area contributed by atoms with Crippen LogP contribution in [0.15, 0.2) is 35.2 Å². The predicted molar refractivity (Wildman–Crippen MR) is 93.4 cm³/mol. The third kappa shape index (κ3) is 5.60. The van der Waals surface area contributed by atoms with Gasteiger partial charge in [-0.25, -0.2) is 22.0 Å². The van der Waals surface area contributed by atoms with Crippen LogP contribution in [0.25, 0.3) is 0 Å². The lowest BCUT2D eigenvalue weighted by Crippen LogP contribution is -2.11. The molecule has 158 valence electrons. The molecule has 1 fully saturated rings. The van der Waals surface area contributed by atoms with E-state index in [-0.39, 0.29) is 0 Å². The monoisotopic (exact) mass is 436 g/mol. The Balaban J connectivity index is 0.000000207. The van der Waals surface area contributed by atoms with Gasteiger partial charge in [0.15, 0.2) is 33.9 Å². The fourth-order valence-electron chi connectivity index (χ4n) is 3.03. The summed E-state index contributed by atoms with van der Waals surface area (Å²) in [6.45, 7) is 0. The molecule has 0 aromatic heterocycles. The highest BCUT2D eigenvalue weighted by Crippen LogP contribution is 2.28. The van der Waals surface area contributed by atoms with Crippen molar-refractivity contribution in [1.82, 2.24) is 0 Å². The van der Waals surface area contributed by atoms with Gasteiger partial charge in [0.25, 0.3) is 0 Å². The number of halogens is 5. The van der Waals surface area contributed by atoms with Crippen molar-refractivity contribution in [3.05, 3.63) is 65.0 Å². The highest BCUT2D eigenvalue weighted by molar-refractivity contribution is 7.85. The minimum atomic E-state index is -5.52.